The first-order valence-electron chi connectivity index (χ1n) is 5.77. The standard InChI is InChI=1S/C13H18BrNOS/c1-3-17-9-8-10(2)15-13(16)11-4-6-12(14)7-5-11/h4-7,10H,3,8-9H2,1-2H3,(H,15,16). The number of carbonyl (C=O) groups is 1. The predicted molar refractivity (Wildman–Crippen MR) is 78.7 cm³/mol. The summed E-state index contributed by atoms with van der Waals surface area (Å²) in [5.74, 6) is 2.23. The van der Waals surface area contributed by atoms with Gasteiger partial charge in [-0.05, 0) is 49.1 Å². The van der Waals surface area contributed by atoms with Crippen LogP contribution < -0.4 is 5.32 Å². The molecular formula is C13H18BrNOS. The van der Waals surface area contributed by atoms with Gasteiger partial charge in [-0.25, -0.2) is 0 Å². The molecule has 0 aliphatic rings. The second-order valence-electron chi connectivity index (χ2n) is 3.87. The number of benzene rings is 1. The Morgan fingerprint density at radius 3 is 2.65 bits per heavy atom. The minimum absolute atomic E-state index is 0.00602. The topological polar surface area (TPSA) is 29.1 Å². The van der Waals surface area contributed by atoms with Crippen LogP contribution in [-0.4, -0.2) is 23.5 Å². The monoisotopic (exact) mass is 315 g/mol. The van der Waals surface area contributed by atoms with Crippen molar-refractivity contribution in [2.75, 3.05) is 11.5 Å². The van der Waals surface area contributed by atoms with Crippen LogP contribution in [0.5, 0.6) is 0 Å². The maximum atomic E-state index is 11.9. The summed E-state index contributed by atoms with van der Waals surface area (Å²) in [7, 11) is 0. The van der Waals surface area contributed by atoms with E-state index in [0.29, 0.717) is 5.56 Å². The molecule has 2 nitrogen and oxygen atoms in total. The molecule has 1 atom stereocenters. The summed E-state index contributed by atoms with van der Waals surface area (Å²) in [6.07, 6.45) is 1.01. The van der Waals surface area contributed by atoms with Crippen LogP contribution in [0.4, 0.5) is 0 Å². The number of carbonyl (C=O) groups excluding carboxylic acids is 1. The number of rotatable bonds is 6. The first-order chi connectivity index (χ1) is 8.13. The second kappa shape index (κ2) is 7.77. The van der Waals surface area contributed by atoms with E-state index in [2.05, 4.69) is 28.2 Å². The number of halogens is 1. The summed E-state index contributed by atoms with van der Waals surface area (Å²) in [6.45, 7) is 4.20. The van der Waals surface area contributed by atoms with Crippen molar-refractivity contribution in [3.05, 3.63) is 34.3 Å². The van der Waals surface area contributed by atoms with Gasteiger partial charge in [0.1, 0.15) is 0 Å². The zero-order chi connectivity index (χ0) is 12.7. The van der Waals surface area contributed by atoms with E-state index in [4.69, 9.17) is 0 Å². The summed E-state index contributed by atoms with van der Waals surface area (Å²) < 4.78 is 0.987. The fourth-order valence-electron chi connectivity index (χ4n) is 1.39. The van der Waals surface area contributed by atoms with Gasteiger partial charge in [0.2, 0.25) is 0 Å². The lowest BCUT2D eigenvalue weighted by atomic mass is 10.2. The van der Waals surface area contributed by atoms with Crippen molar-refractivity contribution in [3.8, 4) is 0 Å². The highest BCUT2D eigenvalue weighted by atomic mass is 79.9. The van der Waals surface area contributed by atoms with Gasteiger partial charge >= 0.3 is 0 Å². The van der Waals surface area contributed by atoms with Crippen LogP contribution in [0.15, 0.2) is 28.7 Å². The summed E-state index contributed by atoms with van der Waals surface area (Å²) >= 11 is 5.26. The molecule has 1 unspecified atom stereocenters. The molecule has 0 bridgehead atoms. The van der Waals surface area contributed by atoms with Gasteiger partial charge in [0.25, 0.3) is 5.91 Å². The quantitative estimate of drug-likeness (QED) is 0.811. The van der Waals surface area contributed by atoms with Gasteiger partial charge in [-0.3, -0.25) is 4.79 Å². The summed E-state index contributed by atoms with van der Waals surface area (Å²) in [5.41, 5.74) is 0.711. The number of hydrogen-bond acceptors (Lipinski definition) is 2. The highest BCUT2D eigenvalue weighted by Crippen LogP contribution is 2.11. The van der Waals surface area contributed by atoms with Crippen molar-refractivity contribution < 1.29 is 4.79 Å². The Balaban J connectivity index is 2.40. The molecule has 1 aromatic carbocycles. The first kappa shape index (κ1) is 14.6. The zero-order valence-corrected chi connectivity index (χ0v) is 12.6. The van der Waals surface area contributed by atoms with Crippen molar-refractivity contribution in [3.63, 3.8) is 0 Å². The lowest BCUT2D eigenvalue weighted by Gasteiger charge is -2.13. The molecule has 1 rings (SSSR count). The SMILES string of the molecule is CCSCCC(C)NC(=O)c1ccc(Br)cc1. The van der Waals surface area contributed by atoms with Crippen LogP contribution in [0.25, 0.3) is 0 Å². The Morgan fingerprint density at radius 2 is 2.06 bits per heavy atom. The van der Waals surface area contributed by atoms with E-state index in [0.717, 1.165) is 22.4 Å². The molecule has 1 amide bonds. The van der Waals surface area contributed by atoms with Crippen molar-refractivity contribution in [2.45, 2.75) is 26.3 Å². The van der Waals surface area contributed by atoms with Crippen LogP contribution >= 0.6 is 27.7 Å². The van der Waals surface area contributed by atoms with E-state index in [-0.39, 0.29) is 11.9 Å². The van der Waals surface area contributed by atoms with Crippen LogP contribution in [0.3, 0.4) is 0 Å². The highest BCUT2D eigenvalue weighted by molar-refractivity contribution is 9.10. The largest absolute Gasteiger partial charge is 0.350 e. The third kappa shape index (κ3) is 5.59. The highest BCUT2D eigenvalue weighted by Gasteiger charge is 2.09. The van der Waals surface area contributed by atoms with E-state index in [1.54, 1.807) is 0 Å². The zero-order valence-electron chi connectivity index (χ0n) is 10.2. The predicted octanol–water partition coefficient (Wildman–Crippen LogP) is 3.71. The summed E-state index contributed by atoms with van der Waals surface area (Å²) in [5, 5.41) is 3.01. The van der Waals surface area contributed by atoms with E-state index < -0.39 is 0 Å². The molecule has 0 fully saturated rings. The lowest BCUT2D eigenvalue weighted by Crippen LogP contribution is -2.32. The molecule has 4 heteroatoms. The average molecular weight is 316 g/mol. The molecule has 1 N–H and O–H groups in total. The van der Waals surface area contributed by atoms with Crippen molar-refractivity contribution in [1.29, 1.82) is 0 Å². The van der Waals surface area contributed by atoms with Gasteiger partial charge in [-0.1, -0.05) is 22.9 Å². The number of amides is 1. The molecule has 0 aliphatic carbocycles. The maximum absolute atomic E-state index is 11.9. The molecule has 0 saturated carbocycles. The maximum Gasteiger partial charge on any atom is 0.251 e. The van der Waals surface area contributed by atoms with E-state index in [1.165, 1.54) is 0 Å². The minimum Gasteiger partial charge on any atom is -0.350 e. The Kier molecular flexibility index (Phi) is 6.66. The van der Waals surface area contributed by atoms with Gasteiger partial charge in [0.05, 0.1) is 0 Å². The van der Waals surface area contributed by atoms with Crippen LogP contribution in [-0.2, 0) is 0 Å². The molecule has 17 heavy (non-hydrogen) atoms. The molecule has 0 heterocycles. The normalized spacial score (nSPS) is 12.2. The van der Waals surface area contributed by atoms with Gasteiger partial charge in [0, 0.05) is 16.1 Å². The Hall–Kier alpha value is -0.480. The second-order valence-corrected chi connectivity index (χ2v) is 6.18. The molecular weight excluding hydrogens is 298 g/mol. The molecule has 94 valence electrons. The number of hydrogen-bond donors (Lipinski definition) is 1. The Morgan fingerprint density at radius 1 is 1.41 bits per heavy atom. The number of nitrogens with one attached hydrogen (secondary N) is 1. The minimum atomic E-state index is 0.00602. The fraction of sp³-hybridized carbons (Fsp3) is 0.462. The molecule has 0 aromatic heterocycles. The first-order valence-corrected chi connectivity index (χ1v) is 7.72. The molecule has 0 aliphatic heterocycles. The van der Waals surface area contributed by atoms with Gasteiger partial charge in [-0.2, -0.15) is 11.8 Å². The third-order valence-electron chi connectivity index (χ3n) is 2.38. The lowest BCUT2D eigenvalue weighted by molar-refractivity contribution is 0.0939. The van der Waals surface area contributed by atoms with Gasteiger partial charge < -0.3 is 5.32 Å². The van der Waals surface area contributed by atoms with E-state index in [1.807, 2.05) is 43.0 Å². The fourth-order valence-corrected chi connectivity index (χ4v) is 2.46. The average Bonchev–Trinajstić information content (AvgIpc) is 2.30. The van der Waals surface area contributed by atoms with Crippen molar-refractivity contribution in [2.24, 2.45) is 0 Å². The van der Waals surface area contributed by atoms with Crippen molar-refractivity contribution >= 4 is 33.6 Å². The third-order valence-corrected chi connectivity index (χ3v) is 3.84. The Bertz CT molecular complexity index is 353. The molecule has 1 aromatic rings. The van der Waals surface area contributed by atoms with E-state index >= 15 is 0 Å². The van der Waals surface area contributed by atoms with Crippen LogP contribution in [0.1, 0.15) is 30.6 Å². The van der Waals surface area contributed by atoms with Crippen molar-refractivity contribution in [1.82, 2.24) is 5.32 Å². The summed E-state index contributed by atoms with van der Waals surface area (Å²) in [6, 6.07) is 7.64. The Labute approximate surface area is 116 Å². The number of thioether (sulfide) groups is 1. The van der Waals surface area contributed by atoms with Gasteiger partial charge in [0.15, 0.2) is 0 Å². The van der Waals surface area contributed by atoms with E-state index in [9.17, 15) is 4.79 Å². The summed E-state index contributed by atoms with van der Waals surface area (Å²) in [4.78, 5) is 11.9. The molecule has 0 radical (unpaired) electrons. The smallest absolute Gasteiger partial charge is 0.251 e. The van der Waals surface area contributed by atoms with Gasteiger partial charge in [-0.15, -0.1) is 0 Å². The molecule has 0 spiro atoms. The van der Waals surface area contributed by atoms with Crippen LogP contribution in [0, 0.1) is 0 Å². The molecule has 0 saturated heterocycles. The van der Waals surface area contributed by atoms with Crippen LogP contribution in [0.2, 0.25) is 0 Å².